The Bertz CT molecular complexity index is 638. The molecule has 0 aromatic rings. The molecule has 0 radical (unpaired) electrons. The zero-order valence-corrected chi connectivity index (χ0v) is 14.6. The Morgan fingerprint density at radius 3 is 2.43 bits per heavy atom. The van der Waals surface area contributed by atoms with E-state index in [2.05, 4.69) is 13.8 Å². The average Bonchev–Trinajstić information content (AvgIpc) is 2.42. The van der Waals surface area contributed by atoms with Crippen LogP contribution in [0.25, 0.3) is 0 Å². The van der Waals surface area contributed by atoms with Gasteiger partial charge in [-0.3, -0.25) is 4.79 Å². The van der Waals surface area contributed by atoms with E-state index in [1.807, 2.05) is 32.1 Å². The van der Waals surface area contributed by atoms with Gasteiger partial charge in [-0.2, -0.15) is 0 Å². The predicted molar refractivity (Wildman–Crippen MR) is 91.5 cm³/mol. The van der Waals surface area contributed by atoms with Crippen molar-refractivity contribution >= 4 is 11.8 Å². The van der Waals surface area contributed by atoms with Crippen LogP contribution in [0.5, 0.6) is 0 Å². The second kappa shape index (κ2) is 7.91. The topological polar surface area (TPSA) is 57.2 Å². The van der Waals surface area contributed by atoms with Gasteiger partial charge in [0, 0.05) is 6.42 Å². The number of carbonyl (C=O) groups excluding carboxylic acids is 2. The summed E-state index contributed by atoms with van der Waals surface area (Å²) >= 11 is 0. The first-order valence-electron chi connectivity index (χ1n) is 7.80. The van der Waals surface area contributed by atoms with E-state index in [1.165, 1.54) is 0 Å². The highest BCUT2D eigenvalue weighted by Crippen LogP contribution is 2.39. The van der Waals surface area contributed by atoms with Crippen LogP contribution in [0.3, 0.4) is 0 Å². The molecule has 1 aliphatic rings. The molecule has 0 spiro atoms. The Hall–Kier alpha value is -2.16. The minimum atomic E-state index is -1.20. The molecule has 1 aliphatic carbocycles. The highest BCUT2D eigenvalue weighted by Gasteiger charge is 2.30. The van der Waals surface area contributed by atoms with Gasteiger partial charge in [0.1, 0.15) is 0 Å². The molecule has 0 amide bonds. The van der Waals surface area contributed by atoms with Gasteiger partial charge >= 0.3 is 0 Å². The molecule has 0 N–H and O–H groups in total. The minimum absolute atomic E-state index is 0.0123. The van der Waals surface area contributed by atoms with Crippen molar-refractivity contribution < 1.29 is 14.7 Å². The highest BCUT2D eigenvalue weighted by atomic mass is 16.4. The van der Waals surface area contributed by atoms with Crippen molar-refractivity contribution in [1.82, 2.24) is 0 Å². The molecular weight excluding hydrogens is 288 g/mol. The van der Waals surface area contributed by atoms with Crippen LogP contribution in [0.2, 0.25) is 0 Å². The first-order valence-corrected chi connectivity index (χ1v) is 7.80. The zero-order chi connectivity index (χ0) is 17.6. The second-order valence-electron chi connectivity index (χ2n) is 6.66. The maximum Gasteiger partial charge on any atom is 0.158 e. The van der Waals surface area contributed by atoms with Gasteiger partial charge in [-0.25, -0.2) is 0 Å². The molecule has 0 aromatic heterocycles. The van der Waals surface area contributed by atoms with Crippen LogP contribution in [-0.4, -0.2) is 11.8 Å². The van der Waals surface area contributed by atoms with Crippen molar-refractivity contribution in [2.45, 2.75) is 47.5 Å². The smallest absolute Gasteiger partial charge is 0.158 e. The van der Waals surface area contributed by atoms with Crippen LogP contribution in [0.1, 0.15) is 47.5 Å². The van der Waals surface area contributed by atoms with Gasteiger partial charge in [-0.15, -0.1) is 0 Å². The Kier molecular flexibility index (Phi) is 6.49. The quantitative estimate of drug-likeness (QED) is 0.577. The molecule has 0 heterocycles. The Morgan fingerprint density at radius 2 is 1.83 bits per heavy atom. The lowest BCUT2D eigenvalue weighted by Gasteiger charge is -2.32. The van der Waals surface area contributed by atoms with Crippen molar-refractivity contribution in [3.05, 3.63) is 58.7 Å². The van der Waals surface area contributed by atoms with Gasteiger partial charge in [-0.05, 0) is 55.4 Å². The van der Waals surface area contributed by atoms with Crippen molar-refractivity contribution in [1.29, 1.82) is 0 Å². The highest BCUT2D eigenvalue weighted by molar-refractivity contribution is 5.97. The van der Waals surface area contributed by atoms with Crippen LogP contribution < -0.4 is 5.11 Å². The summed E-state index contributed by atoms with van der Waals surface area (Å²) < 4.78 is 0. The van der Waals surface area contributed by atoms with Crippen molar-refractivity contribution in [2.75, 3.05) is 0 Å². The third-order valence-corrected chi connectivity index (χ3v) is 4.11. The number of aliphatic carboxylic acids is 1. The summed E-state index contributed by atoms with van der Waals surface area (Å²) in [6, 6.07) is 0. The summed E-state index contributed by atoms with van der Waals surface area (Å²) in [5, 5.41) is 10.4. The normalized spacial score (nSPS) is 20.0. The van der Waals surface area contributed by atoms with E-state index in [1.54, 1.807) is 19.1 Å². The van der Waals surface area contributed by atoms with Crippen molar-refractivity contribution in [3.8, 4) is 0 Å². The first kappa shape index (κ1) is 18.9. The maximum atomic E-state index is 11.9. The van der Waals surface area contributed by atoms with E-state index in [9.17, 15) is 14.7 Å². The van der Waals surface area contributed by atoms with Crippen molar-refractivity contribution in [2.24, 2.45) is 5.41 Å². The molecule has 124 valence electrons. The fourth-order valence-electron chi connectivity index (χ4n) is 2.61. The maximum absolute atomic E-state index is 11.9. The molecule has 0 aromatic carbocycles. The average molecular weight is 313 g/mol. The Labute approximate surface area is 138 Å². The Morgan fingerprint density at radius 1 is 1.17 bits per heavy atom. The summed E-state index contributed by atoms with van der Waals surface area (Å²) in [6.07, 6.45) is 12.0. The van der Waals surface area contributed by atoms with E-state index in [0.29, 0.717) is 12.0 Å². The van der Waals surface area contributed by atoms with Gasteiger partial charge in [-0.1, -0.05) is 49.8 Å². The fraction of sp³-hybridized carbons (Fsp3) is 0.400. The standard InChI is InChI=1S/C20H26O3/c1-14(7-6-8-15(2)13-19(22)23)9-10-17-16(3)18(21)11-12-20(17,4)5/h6-10,13H,11-12H2,1-5H3,(H,22,23)/p-1/b8-6+,10-9+,14-7-,15-13-. The molecule has 0 aliphatic heterocycles. The third kappa shape index (κ3) is 5.85. The zero-order valence-electron chi connectivity index (χ0n) is 14.6. The number of hydrogen-bond acceptors (Lipinski definition) is 3. The summed E-state index contributed by atoms with van der Waals surface area (Å²) in [6.45, 7) is 9.89. The van der Waals surface area contributed by atoms with Gasteiger partial charge in [0.2, 0.25) is 0 Å². The third-order valence-electron chi connectivity index (χ3n) is 4.11. The first-order chi connectivity index (χ1) is 10.6. The van der Waals surface area contributed by atoms with Gasteiger partial charge in [0.15, 0.2) is 5.78 Å². The monoisotopic (exact) mass is 313 g/mol. The number of ketones is 1. The molecule has 3 heteroatoms. The second-order valence-corrected chi connectivity index (χ2v) is 6.66. The number of carbonyl (C=O) groups is 2. The van der Waals surface area contributed by atoms with Crippen LogP contribution in [-0.2, 0) is 9.59 Å². The molecule has 23 heavy (non-hydrogen) atoms. The molecule has 0 unspecified atom stereocenters. The molecule has 1 rings (SSSR count). The number of Topliss-reactive ketones (excluding diaryl/α,β-unsaturated/α-hetero) is 1. The van der Waals surface area contributed by atoms with Crippen LogP contribution in [0, 0.1) is 5.41 Å². The van der Waals surface area contributed by atoms with E-state index >= 15 is 0 Å². The van der Waals surface area contributed by atoms with Gasteiger partial charge in [0.25, 0.3) is 0 Å². The van der Waals surface area contributed by atoms with Crippen molar-refractivity contribution in [3.63, 3.8) is 0 Å². The predicted octanol–water partition coefficient (Wildman–Crippen LogP) is 3.45. The minimum Gasteiger partial charge on any atom is -0.545 e. The lowest BCUT2D eigenvalue weighted by molar-refractivity contribution is -0.297. The van der Waals surface area contributed by atoms with Crippen LogP contribution in [0.4, 0.5) is 0 Å². The van der Waals surface area contributed by atoms with Gasteiger partial charge < -0.3 is 9.90 Å². The molecule has 0 atom stereocenters. The molecule has 0 saturated heterocycles. The molecular formula is C20H25O3-. The summed E-state index contributed by atoms with van der Waals surface area (Å²) in [4.78, 5) is 22.3. The van der Waals surface area contributed by atoms with E-state index in [-0.39, 0.29) is 11.2 Å². The number of carboxylic acid groups (broad SMARTS) is 1. The SMILES string of the molecule is CC1=C(/C=C/C(C)=C\C=C\C(C)=C/C(=O)[O-])C(C)(C)CCC1=O. The molecule has 3 nitrogen and oxygen atoms in total. The molecule has 0 bridgehead atoms. The van der Waals surface area contributed by atoms with Crippen LogP contribution in [0.15, 0.2) is 58.7 Å². The lowest BCUT2D eigenvalue weighted by atomic mass is 9.72. The van der Waals surface area contributed by atoms with E-state index in [0.717, 1.165) is 29.2 Å². The van der Waals surface area contributed by atoms with E-state index < -0.39 is 5.97 Å². The number of allylic oxidation sites excluding steroid dienone is 9. The molecule has 0 fully saturated rings. The summed E-state index contributed by atoms with van der Waals surface area (Å²) in [5.41, 5.74) is 3.61. The van der Waals surface area contributed by atoms with E-state index in [4.69, 9.17) is 0 Å². The number of rotatable bonds is 5. The molecule has 0 saturated carbocycles. The largest absolute Gasteiger partial charge is 0.545 e. The fourth-order valence-corrected chi connectivity index (χ4v) is 2.61. The summed E-state index contributed by atoms with van der Waals surface area (Å²) in [7, 11) is 0. The van der Waals surface area contributed by atoms with Gasteiger partial charge in [0.05, 0.1) is 5.97 Å². The lowest BCUT2D eigenvalue weighted by Crippen LogP contribution is -2.24. The number of carboxylic acids is 1. The number of hydrogen-bond donors (Lipinski definition) is 0. The van der Waals surface area contributed by atoms with Crippen LogP contribution >= 0.6 is 0 Å². The summed E-state index contributed by atoms with van der Waals surface area (Å²) in [5.74, 6) is -0.965. The Balaban J connectivity index is 2.89.